The lowest BCUT2D eigenvalue weighted by atomic mass is 10.1. The topological polar surface area (TPSA) is 64.3 Å². The van der Waals surface area contributed by atoms with Gasteiger partial charge in [-0.3, -0.25) is 0 Å². The van der Waals surface area contributed by atoms with Crippen molar-refractivity contribution >= 4 is 11.8 Å². The van der Waals surface area contributed by atoms with Gasteiger partial charge in [0.2, 0.25) is 0 Å². The second-order valence-electron chi connectivity index (χ2n) is 5.23. The van der Waals surface area contributed by atoms with E-state index < -0.39 is 11.7 Å². The van der Waals surface area contributed by atoms with Crippen LogP contribution in [-0.2, 0) is 4.74 Å². The number of nitrogens with two attached hydrogens (primary N) is 1. The summed E-state index contributed by atoms with van der Waals surface area (Å²) < 4.78 is 5.10. The summed E-state index contributed by atoms with van der Waals surface area (Å²) in [5.74, 6) is 5.86. The fourth-order valence-corrected chi connectivity index (χ4v) is 1.40. The van der Waals surface area contributed by atoms with Crippen molar-refractivity contribution in [3.8, 4) is 11.8 Å². The van der Waals surface area contributed by atoms with Crippen LogP contribution in [-0.4, -0.2) is 18.2 Å². The standard InChI is InChI=1S/C15H20N2O2/c1-11-10-13(16)8-7-12(11)6-5-9-17-14(18)19-15(2,3)4/h7-8,10H,9,16H2,1-4H3,(H,17,18). The first-order chi connectivity index (χ1) is 8.78. The summed E-state index contributed by atoms with van der Waals surface area (Å²) in [7, 11) is 0. The number of benzene rings is 1. The molecular formula is C15H20N2O2. The van der Waals surface area contributed by atoms with Gasteiger partial charge in [0.15, 0.2) is 0 Å². The molecule has 3 N–H and O–H groups in total. The first-order valence-electron chi connectivity index (χ1n) is 6.10. The molecule has 1 aromatic carbocycles. The van der Waals surface area contributed by atoms with Gasteiger partial charge in [-0.2, -0.15) is 0 Å². The van der Waals surface area contributed by atoms with Crippen molar-refractivity contribution in [1.29, 1.82) is 0 Å². The van der Waals surface area contributed by atoms with E-state index in [4.69, 9.17) is 10.5 Å². The van der Waals surface area contributed by atoms with Crippen molar-refractivity contribution in [2.24, 2.45) is 0 Å². The Morgan fingerprint density at radius 2 is 2.11 bits per heavy atom. The molecule has 1 amide bonds. The van der Waals surface area contributed by atoms with E-state index in [1.807, 2.05) is 39.8 Å². The van der Waals surface area contributed by atoms with Gasteiger partial charge in [0.1, 0.15) is 5.60 Å². The molecule has 0 spiro atoms. The zero-order chi connectivity index (χ0) is 14.5. The molecule has 0 aliphatic carbocycles. The smallest absolute Gasteiger partial charge is 0.408 e. The summed E-state index contributed by atoms with van der Waals surface area (Å²) in [4.78, 5) is 11.4. The largest absolute Gasteiger partial charge is 0.444 e. The highest BCUT2D eigenvalue weighted by molar-refractivity contribution is 5.68. The third kappa shape index (κ3) is 5.82. The van der Waals surface area contributed by atoms with Crippen LogP contribution < -0.4 is 11.1 Å². The SMILES string of the molecule is Cc1cc(N)ccc1C#CCNC(=O)OC(C)(C)C. The number of aryl methyl sites for hydroxylation is 1. The number of hydrogen-bond acceptors (Lipinski definition) is 3. The van der Waals surface area contributed by atoms with Crippen LogP contribution in [0.25, 0.3) is 0 Å². The molecule has 0 bridgehead atoms. The molecule has 1 rings (SSSR count). The minimum absolute atomic E-state index is 0.249. The molecule has 0 heterocycles. The van der Waals surface area contributed by atoms with Crippen LogP contribution in [0.4, 0.5) is 10.5 Å². The second kappa shape index (κ2) is 6.14. The molecular weight excluding hydrogens is 240 g/mol. The van der Waals surface area contributed by atoms with Gasteiger partial charge in [0.25, 0.3) is 0 Å². The highest BCUT2D eigenvalue weighted by Crippen LogP contribution is 2.10. The molecule has 19 heavy (non-hydrogen) atoms. The quantitative estimate of drug-likeness (QED) is 0.602. The third-order valence-corrected chi connectivity index (χ3v) is 2.19. The summed E-state index contributed by atoms with van der Waals surface area (Å²) >= 11 is 0. The molecule has 0 unspecified atom stereocenters. The summed E-state index contributed by atoms with van der Waals surface area (Å²) in [5.41, 5.74) is 7.80. The van der Waals surface area contributed by atoms with E-state index in [2.05, 4.69) is 17.2 Å². The van der Waals surface area contributed by atoms with Gasteiger partial charge < -0.3 is 15.8 Å². The Balaban J connectivity index is 2.50. The van der Waals surface area contributed by atoms with E-state index in [1.54, 1.807) is 6.07 Å². The number of rotatable bonds is 1. The maximum Gasteiger partial charge on any atom is 0.408 e. The Bertz CT molecular complexity index is 519. The van der Waals surface area contributed by atoms with Crippen molar-refractivity contribution in [3.63, 3.8) is 0 Å². The number of ether oxygens (including phenoxy) is 1. The summed E-state index contributed by atoms with van der Waals surface area (Å²) in [6.07, 6.45) is -0.462. The number of amides is 1. The molecule has 0 saturated heterocycles. The Morgan fingerprint density at radius 1 is 1.42 bits per heavy atom. The van der Waals surface area contributed by atoms with Crippen LogP contribution in [0.3, 0.4) is 0 Å². The summed E-state index contributed by atoms with van der Waals surface area (Å²) in [6, 6.07) is 5.54. The highest BCUT2D eigenvalue weighted by Gasteiger charge is 2.14. The van der Waals surface area contributed by atoms with Crippen LogP contribution in [0, 0.1) is 18.8 Å². The summed E-state index contributed by atoms with van der Waals surface area (Å²) in [6.45, 7) is 7.64. The zero-order valence-electron chi connectivity index (χ0n) is 11.8. The monoisotopic (exact) mass is 260 g/mol. The van der Waals surface area contributed by atoms with Crippen LogP contribution in [0.1, 0.15) is 31.9 Å². The van der Waals surface area contributed by atoms with Crippen molar-refractivity contribution < 1.29 is 9.53 Å². The van der Waals surface area contributed by atoms with E-state index in [-0.39, 0.29) is 6.54 Å². The third-order valence-electron chi connectivity index (χ3n) is 2.19. The van der Waals surface area contributed by atoms with Crippen molar-refractivity contribution in [2.75, 3.05) is 12.3 Å². The van der Waals surface area contributed by atoms with Crippen LogP contribution >= 0.6 is 0 Å². The van der Waals surface area contributed by atoms with Crippen LogP contribution in [0.5, 0.6) is 0 Å². The Hall–Kier alpha value is -2.15. The number of carbonyl (C=O) groups is 1. The van der Waals surface area contributed by atoms with E-state index in [9.17, 15) is 4.79 Å². The minimum atomic E-state index is -0.495. The lowest BCUT2D eigenvalue weighted by molar-refractivity contribution is 0.0535. The van der Waals surface area contributed by atoms with Gasteiger partial charge in [-0.05, 0) is 51.5 Å². The average Bonchev–Trinajstić information content (AvgIpc) is 2.24. The predicted molar refractivity (Wildman–Crippen MR) is 76.7 cm³/mol. The van der Waals surface area contributed by atoms with E-state index in [1.165, 1.54) is 0 Å². The number of alkyl carbamates (subject to hydrolysis) is 1. The molecule has 0 radical (unpaired) electrons. The molecule has 4 nitrogen and oxygen atoms in total. The predicted octanol–water partition coefficient (Wildman–Crippen LogP) is 2.45. The zero-order valence-corrected chi connectivity index (χ0v) is 11.8. The normalized spacial score (nSPS) is 10.3. The van der Waals surface area contributed by atoms with Gasteiger partial charge in [0, 0.05) is 11.3 Å². The van der Waals surface area contributed by atoms with Gasteiger partial charge in [-0.25, -0.2) is 4.79 Å². The Labute approximate surface area is 114 Å². The molecule has 0 aliphatic rings. The first kappa shape index (κ1) is 14.9. The fraction of sp³-hybridized carbons (Fsp3) is 0.400. The van der Waals surface area contributed by atoms with Gasteiger partial charge in [-0.15, -0.1) is 0 Å². The van der Waals surface area contributed by atoms with E-state index in [0.29, 0.717) is 0 Å². The van der Waals surface area contributed by atoms with E-state index in [0.717, 1.165) is 16.8 Å². The Morgan fingerprint density at radius 3 is 2.68 bits per heavy atom. The van der Waals surface area contributed by atoms with Crippen molar-refractivity contribution in [3.05, 3.63) is 29.3 Å². The van der Waals surface area contributed by atoms with Crippen LogP contribution in [0.2, 0.25) is 0 Å². The Kier molecular flexibility index (Phi) is 4.82. The van der Waals surface area contributed by atoms with Gasteiger partial charge in [0.05, 0.1) is 6.54 Å². The summed E-state index contributed by atoms with van der Waals surface area (Å²) in [5, 5.41) is 2.58. The average molecular weight is 260 g/mol. The number of hydrogen-bond donors (Lipinski definition) is 2. The maximum atomic E-state index is 11.4. The minimum Gasteiger partial charge on any atom is -0.444 e. The molecule has 0 fully saturated rings. The van der Waals surface area contributed by atoms with Crippen molar-refractivity contribution in [2.45, 2.75) is 33.3 Å². The van der Waals surface area contributed by atoms with Gasteiger partial charge in [-0.1, -0.05) is 11.8 Å². The molecule has 4 heteroatoms. The molecule has 0 saturated carbocycles. The highest BCUT2D eigenvalue weighted by atomic mass is 16.6. The van der Waals surface area contributed by atoms with Crippen molar-refractivity contribution in [1.82, 2.24) is 5.32 Å². The molecule has 0 atom stereocenters. The van der Waals surface area contributed by atoms with E-state index >= 15 is 0 Å². The van der Waals surface area contributed by atoms with Gasteiger partial charge >= 0.3 is 6.09 Å². The molecule has 102 valence electrons. The molecule has 1 aromatic rings. The maximum absolute atomic E-state index is 11.4. The number of nitrogens with one attached hydrogen (secondary N) is 1. The second-order valence-corrected chi connectivity index (χ2v) is 5.23. The lowest BCUT2D eigenvalue weighted by Crippen LogP contribution is -2.32. The number of anilines is 1. The lowest BCUT2D eigenvalue weighted by Gasteiger charge is -2.19. The molecule has 0 aliphatic heterocycles. The number of carbonyl (C=O) groups excluding carboxylic acids is 1. The molecule has 0 aromatic heterocycles. The van der Waals surface area contributed by atoms with Crippen LogP contribution in [0.15, 0.2) is 18.2 Å². The number of nitrogen functional groups attached to an aromatic ring is 1. The first-order valence-corrected chi connectivity index (χ1v) is 6.10. The fourth-order valence-electron chi connectivity index (χ4n) is 1.40.